The topological polar surface area (TPSA) is 37.6 Å². The van der Waals surface area contributed by atoms with Crippen LogP contribution in [0.25, 0.3) is 17.0 Å². The number of carbonyl (C=O) groups is 1. The Hall–Kier alpha value is -2.79. The molecule has 0 N–H and O–H groups in total. The normalized spacial score (nSPS) is 17.2. The van der Waals surface area contributed by atoms with Gasteiger partial charge in [-0.05, 0) is 50.2 Å². The maximum absolute atomic E-state index is 12.8. The number of carbonyl (C=O) groups excluding carboxylic acids is 1. The monoisotopic (exact) mass is 403 g/mol. The summed E-state index contributed by atoms with van der Waals surface area (Å²) in [4.78, 5) is 19.8. The first-order valence-electron chi connectivity index (χ1n) is 10.00. The summed E-state index contributed by atoms with van der Waals surface area (Å²) in [6, 6.07) is 17.0. The number of amidine groups is 1. The molecule has 148 valence electrons. The Morgan fingerprint density at radius 2 is 1.83 bits per heavy atom. The number of likely N-dealkylation sites (N-methyl/N-ethyl adjacent to an activating group) is 1. The molecular formula is C24H25N3OS. The Morgan fingerprint density at radius 3 is 2.55 bits per heavy atom. The number of hydrogen-bond acceptors (Lipinski definition) is 3. The summed E-state index contributed by atoms with van der Waals surface area (Å²) in [5.74, 6) is 0.0417. The van der Waals surface area contributed by atoms with Gasteiger partial charge < -0.3 is 4.57 Å². The third-order valence-corrected chi connectivity index (χ3v) is 6.12. The molecule has 0 saturated carbocycles. The molecule has 0 atom stereocenters. The minimum absolute atomic E-state index is 0.0417. The van der Waals surface area contributed by atoms with Crippen LogP contribution in [0.3, 0.4) is 0 Å². The second-order valence-electron chi connectivity index (χ2n) is 7.13. The molecule has 5 heteroatoms. The van der Waals surface area contributed by atoms with Crippen molar-refractivity contribution in [1.29, 1.82) is 0 Å². The standard InChI is InChI=1S/C24H25N3OS/c1-4-25-24-27(5-2)23(28)22(29-24)14-19-16-26(21-9-7-6-8-20(19)21)15-18-12-10-17(3)11-13-18/h6-14,16H,4-5,15H2,1-3H3/b22-14+,25-24?. The van der Waals surface area contributed by atoms with E-state index in [-0.39, 0.29) is 5.91 Å². The number of amides is 1. The molecule has 4 nitrogen and oxygen atoms in total. The highest BCUT2D eigenvalue weighted by atomic mass is 32.2. The zero-order valence-electron chi connectivity index (χ0n) is 17.1. The number of benzene rings is 2. The smallest absolute Gasteiger partial charge is 0.266 e. The van der Waals surface area contributed by atoms with Crippen LogP contribution in [0, 0.1) is 6.92 Å². The predicted octanol–water partition coefficient (Wildman–Crippen LogP) is 5.31. The molecule has 1 aromatic heterocycles. The average Bonchev–Trinajstić information content (AvgIpc) is 3.22. The van der Waals surface area contributed by atoms with Crippen molar-refractivity contribution in [3.05, 3.63) is 76.3 Å². The fraction of sp³-hybridized carbons (Fsp3) is 0.250. The number of aryl methyl sites for hydroxylation is 1. The van der Waals surface area contributed by atoms with Crippen molar-refractivity contribution in [2.45, 2.75) is 27.3 Å². The number of hydrogen-bond donors (Lipinski definition) is 0. The molecule has 0 spiro atoms. The molecular weight excluding hydrogens is 378 g/mol. The minimum Gasteiger partial charge on any atom is -0.342 e. The number of fused-ring (bicyclic) bond motifs is 1. The van der Waals surface area contributed by atoms with Crippen molar-refractivity contribution in [3.63, 3.8) is 0 Å². The van der Waals surface area contributed by atoms with Gasteiger partial charge in [-0.15, -0.1) is 0 Å². The lowest BCUT2D eigenvalue weighted by molar-refractivity contribution is -0.122. The fourth-order valence-corrected chi connectivity index (χ4v) is 4.69. The van der Waals surface area contributed by atoms with E-state index in [4.69, 9.17) is 0 Å². The Balaban J connectivity index is 1.73. The van der Waals surface area contributed by atoms with E-state index in [9.17, 15) is 4.79 Å². The van der Waals surface area contributed by atoms with Gasteiger partial charge in [0.15, 0.2) is 5.17 Å². The van der Waals surface area contributed by atoms with Crippen LogP contribution < -0.4 is 0 Å². The van der Waals surface area contributed by atoms with Gasteiger partial charge in [-0.1, -0.05) is 48.0 Å². The maximum atomic E-state index is 12.8. The van der Waals surface area contributed by atoms with Crippen LogP contribution in [0.15, 0.2) is 64.6 Å². The Morgan fingerprint density at radius 1 is 1.07 bits per heavy atom. The average molecular weight is 404 g/mol. The third kappa shape index (κ3) is 3.87. The van der Waals surface area contributed by atoms with Crippen molar-refractivity contribution >= 4 is 39.8 Å². The number of rotatable bonds is 5. The van der Waals surface area contributed by atoms with Crippen molar-refractivity contribution in [2.24, 2.45) is 4.99 Å². The van der Waals surface area contributed by atoms with E-state index in [0.29, 0.717) is 13.1 Å². The molecule has 1 saturated heterocycles. The zero-order chi connectivity index (χ0) is 20.4. The van der Waals surface area contributed by atoms with E-state index in [1.807, 2.05) is 26.0 Å². The number of thioether (sulfide) groups is 1. The molecule has 0 aliphatic carbocycles. The van der Waals surface area contributed by atoms with Gasteiger partial charge in [0, 0.05) is 42.3 Å². The number of para-hydroxylation sites is 1. The first-order chi connectivity index (χ1) is 14.1. The highest BCUT2D eigenvalue weighted by Crippen LogP contribution is 2.34. The molecule has 29 heavy (non-hydrogen) atoms. The first-order valence-corrected chi connectivity index (χ1v) is 10.8. The van der Waals surface area contributed by atoms with Gasteiger partial charge in [0.25, 0.3) is 5.91 Å². The molecule has 1 aliphatic rings. The molecule has 2 heterocycles. The summed E-state index contributed by atoms with van der Waals surface area (Å²) in [6.45, 7) is 8.19. The van der Waals surface area contributed by atoms with E-state index < -0.39 is 0 Å². The second kappa shape index (κ2) is 8.29. The summed E-state index contributed by atoms with van der Waals surface area (Å²) >= 11 is 1.47. The van der Waals surface area contributed by atoms with E-state index in [1.54, 1.807) is 4.90 Å². The molecule has 0 unspecified atom stereocenters. The van der Waals surface area contributed by atoms with Crippen LogP contribution in [0.1, 0.15) is 30.5 Å². The van der Waals surface area contributed by atoms with Gasteiger partial charge in [-0.25, -0.2) is 0 Å². The maximum Gasteiger partial charge on any atom is 0.266 e. The van der Waals surface area contributed by atoms with E-state index >= 15 is 0 Å². The molecule has 3 aromatic rings. The minimum atomic E-state index is 0.0417. The van der Waals surface area contributed by atoms with Crippen LogP contribution in [0.5, 0.6) is 0 Å². The van der Waals surface area contributed by atoms with Crippen molar-refractivity contribution < 1.29 is 4.79 Å². The summed E-state index contributed by atoms with van der Waals surface area (Å²) in [5.41, 5.74) is 4.76. The van der Waals surface area contributed by atoms with Crippen LogP contribution in [0.2, 0.25) is 0 Å². The van der Waals surface area contributed by atoms with E-state index in [0.717, 1.165) is 27.6 Å². The molecule has 4 rings (SSSR count). The number of aliphatic imine (C=N–C) groups is 1. The third-order valence-electron chi connectivity index (χ3n) is 5.08. The predicted molar refractivity (Wildman–Crippen MR) is 123 cm³/mol. The summed E-state index contributed by atoms with van der Waals surface area (Å²) in [6.07, 6.45) is 4.17. The molecule has 0 bridgehead atoms. The van der Waals surface area contributed by atoms with Gasteiger partial charge in [0.05, 0.1) is 4.91 Å². The van der Waals surface area contributed by atoms with Gasteiger partial charge >= 0.3 is 0 Å². The van der Waals surface area contributed by atoms with Gasteiger partial charge in [-0.2, -0.15) is 0 Å². The molecule has 1 aliphatic heterocycles. The zero-order valence-corrected chi connectivity index (χ0v) is 17.9. The Bertz CT molecular complexity index is 1110. The lowest BCUT2D eigenvalue weighted by Crippen LogP contribution is -2.28. The van der Waals surface area contributed by atoms with Crippen molar-refractivity contribution in [2.75, 3.05) is 13.1 Å². The van der Waals surface area contributed by atoms with Gasteiger partial charge in [0.2, 0.25) is 0 Å². The lowest BCUT2D eigenvalue weighted by Gasteiger charge is -2.11. The molecule has 2 aromatic carbocycles. The first kappa shape index (κ1) is 19.5. The van der Waals surface area contributed by atoms with Crippen LogP contribution in [0.4, 0.5) is 0 Å². The summed E-state index contributed by atoms with van der Waals surface area (Å²) in [7, 11) is 0. The number of aromatic nitrogens is 1. The number of nitrogens with zero attached hydrogens (tertiary/aromatic N) is 3. The largest absolute Gasteiger partial charge is 0.342 e. The highest BCUT2D eigenvalue weighted by Gasteiger charge is 2.32. The Kier molecular flexibility index (Phi) is 5.58. The Labute approximate surface area is 175 Å². The van der Waals surface area contributed by atoms with E-state index in [2.05, 4.69) is 65.1 Å². The van der Waals surface area contributed by atoms with Crippen molar-refractivity contribution in [3.8, 4) is 0 Å². The van der Waals surface area contributed by atoms with Crippen LogP contribution >= 0.6 is 11.8 Å². The fourth-order valence-electron chi connectivity index (χ4n) is 3.59. The SMILES string of the molecule is CCN=C1S/C(=C/c2cn(Cc3ccc(C)cc3)c3ccccc23)C(=O)N1CC. The van der Waals surface area contributed by atoms with E-state index in [1.165, 1.54) is 28.4 Å². The summed E-state index contributed by atoms with van der Waals surface area (Å²) in [5, 5.41) is 1.96. The molecule has 0 radical (unpaired) electrons. The summed E-state index contributed by atoms with van der Waals surface area (Å²) < 4.78 is 2.26. The van der Waals surface area contributed by atoms with Gasteiger partial charge in [-0.3, -0.25) is 14.7 Å². The van der Waals surface area contributed by atoms with Crippen LogP contribution in [-0.2, 0) is 11.3 Å². The quantitative estimate of drug-likeness (QED) is 0.542. The molecule has 1 fully saturated rings. The highest BCUT2D eigenvalue weighted by molar-refractivity contribution is 8.18. The second-order valence-corrected chi connectivity index (χ2v) is 8.14. The van der Waals surface area contributed by atoms with Crippen molar-refractivity contribution in [1.82, 2.24) is 9.47 Å². The molecule has 1 amide bonds. The lowest BCUT2D eigenvalue weighted by atomic mass is 10.1. The van der Waals surface area contributed by atoms with Gasteiger partial charge in [0.1, 0.15) is 0 Å². The van der Waals surface area contributed by atoms with Crippen LogP contribution in [-0.4, -0.2) is 33.6 Å².